The van der Waals surface area contributed by atoms with E-state index in [4.69, 9.17) is 16.3 Å². The summed E-state index contributed by atoms with van der Waals surface area (Å²) in [4.78, 5) is 14.8. The highest BCUT2D eigenvalue weighted by molar-refractivity contribution is 6.30. The van der Waals surface area contributed by atoms with E-state index in [1.807, 2.05) is 42.5 Å². The van der Waals surface area contributed by atoms with Crippen LogP contribution in [0.5, 0.6) is 5.75 Å². The quantitative estimate of drug-likeness (QED) is 0.572. The van der Waals surface area contributed by atoms with Crippen molar-refractivity contribution in [3.8, 4) is 16.9 Å². The van der Waals surface area contributed by atoms with Crippen molar-refractivity contribution in [3.63, 3.8) is 0 Å². The minimum Gasteiger partial charge on any atom is -0.496 e. The first-order valence-corrected chi connectivity index (χ1v) is 11.0. The molecule has 0 bridgehead atoms. The van der Waals surface area contributed by atoms with Gasteiger partial charge in [0.25, 0.3) is 0 Å². The van der Waals surface area contributed by atoms with Crippen molar-refractivity contribution in [2.24, 2.45) is 0 Å². The number of rotatable bonds is 7. The Morgan fingerprint density at radius 2 is 1.87 bits per heavy atom. The molecule has 0 spiro atoms. The van der Waals surface area contributed by atoms with Crippen molar-refractivity contribution in [1.29, 1.82) is 0 Å². The highest BCUT2D eigenvalue weighted by Gasteiger charge is 2.23. The molecule has 1 atom stereocenters. The van der Waals surface area contributed by atoms with E-state index >= 15 is 0 Å². The number of benzene rings is 3. The molecule has 31 heavy (non-hydrogen) atoms. The van der Waals surface area contributed by atoms with Gasteiger partial charge >= 0.3 is 0 Å². The first-order valence-electron chi connectivity index (χ1n) is 10.6. The van der Waals surface area contributed by atoms with Gasteiger partial charge in [0.05, 0.1) is 13.5 Å². The van der Waals surface area contributed by atoms with Crippen LogP contribution in [0.3, 0.4) is 0 Å². The largest absolute Gasteiger partial charge is 0.496 e. The van der Waals surface area contributed by atoms with Gasteiger partial charge in [-0.25, -0.2) is 0 Å². The Morgan fingerprint density at radius 1 is 1.06 bits per heavy atom. The minimum atomic E-state index is 0.0512. The molecule has 0 aliphatic carbocycles. The second kappa shape index (κ2) is 9.99. The summed E-state index contributed by atoms with van der Waals surface area (Å²) >= 11 is 6.01. The molecule has 1 heterocycles. The van der Waals surface area contributed by atoms with Crippen LogP contribution in [0.25, 0.3) is 11.1 Å². The van der Waals surface area contributed by atoms with Gasteiger partial charge < -0.3 is 10.1 Å². The Bertz CT molecular complexity index is 1040. The monoisotopic (exact) mass is 434 g/mol. The Morgan fingerprint density at radius 3 is 2.65 bits per heavy atom. The van der Waals surface area contributed by atoms with E-state index < -0.39 is 0 Å². The molecule has 4 nitrogen and oxygen atoms in total. The topological polar surface area (TPSA) is 41.6 Å². The molecule has 1 unspecified atom stereocenters. The molecule has 0 radical (unpaired) electrons. The van der Waals surface area contributed by atoms with E-state index in [0.717, 1.165) is 48.5 Å². The molecule has 1 amide bonds. The van der Waals surface area contributed by atoms with Crippen molar-refractivity contribution in [2.45, 2.75) is 25.4 Å². The molecular formula is C26H27ClN2O2. The van der Waals surface area contributed by atoms with E-state index in [1.165, 1.54) is 5.56 Å². The van der Waals surface area contributed by atoms with E-state index in [1.54, 1.807) is 7.11 Å². The molecule has 0 saturated carbocycles. The number of hydrogen-bond donors (Lipinski definition) is 1. The number of ether oxygens (including phenoxy) is 1. The minimum absolute atomic E-state index is 0.0512. The number of carbonyl (C=O) groups is 1. The molecule has 1 N–H and O–H groups in total. The summed E-state index contributed by atoms with van der Waals surface area (Å²) in [5.74, 6) is 0.932. The molecule has 1 saturated heterocycles. The third-order valence-corrected chi connectivity index (χ3v) is 5.90. The van der Waals surface area contributed by atoms with E-state index in [0.29, 0.717) is 11.4 Å². The summed E-state index contributed by atoms with van der Waals surface area (Å²) in [6.07, 6.45) is 1.34. The second-order valence-corrected chi connectivity index (χ2v) is 8.43. The van der Waals surface area contributed by atoms with Crippen molar-refractivity contribution in [1.82, 2.24) is 10.2 Å². The van der Waals surface area contributed by atoms with Gasteiger partial charge in [-0.2, -0.15) is 0 Å². The van der Waals surface area contributed by atoms with Crippen molar-refractivity contribution in [2.75, 3.05) is 20.2 Å². The molecule has 3 aromatic carbocycles. The zero-order valence-electron chi connectivity index (χ0n) is 17.7. The fraction of sp³-hybridized carbons (Fsp3) is 0.269. The van der Waals surface area contributed by atoms with Crippen LogP contribution < -0.4 is 10.1 Å². The molecule has 3 aromatic rings. The number of carbonyl (C=O) groups excluding carboxylic acids is 1. The van der Waals surface area contributed by atoms with E-state index in [-0.39, 0.29) is 11.9 Å². The maximum absolute atomic E-state index is 12.4. The van der Waals surface area contributed by atoms with Crippen LogP contribution in [-0.2, 0) is 17.8 Å². The Hall–Kier alpha value is -2.82. The molecule has 1 aliphatic rings. The highest BCUT2D eigenvalue weighted by atomic mass is 35.5. The summed E-state index contributed by atoms with van der Waals surface area (Å²) in [7, 11) is 1.70. The summed E-state index contributed by atoms with van der Waals surface area (Å²) < 4.78 is 5.48. The number of para-hydroxylation sites is 1. The number of amides is 1. The molecule has 4 rings (SSSR count). The average Bonchev–Trinajstić information content (AvgIpc) is 3.20. The SMILES string of the molecule is COc1ccccc1-c1ccc(CN2CCC(NC(=O)Cc3cccc(Cl)c3)C2)cc1. The van der Waals surface area contributed by atoms with Gasteiger partial charge in [0.1, 0.15) is 5.75 Å². The third kappa shape index (κ3) is 5.66. The molecule has 160 valence electrons. The lowest BCUT2D eigenvalue weighted by molar-refractivity contribution is -0.121. The van der Waals surface area contributed by atoms with Crippen LogP contribution >= 0.6 is 11.6 Å². The number of halogens is 1. The maximum Gasteiger partial charge on any atom is 0.224 e. The fourth-order valence-electron chi connectivity index (χ4n) is 4.14. The number of hydrogen-bond acceptors (Lipinski definition) is 3. The Kier molecular flexibility index (Phi) is 6.90. The number of nitrogens with zero attached hydrogens (tertiary/aromatic N) is 1. The predicted octanol–water partition coefficient (Wildman–Crippen LogP) is 4.95. The van der Waals surface area contributed by atoms with Crippen molar-refractivity contribution >= 4 is 17.5 Å². The van der Waals surface area contributed by atoms with Crippen molar-refractivity contribution in [3.05, 3.63) is 88.9 Å². The normalized spacial score (nSPS) is 16.3. The first kappa shape index (κ1) is 21.4. The lowest BCUT2D eigenvalue weighted by atomic mass is 10.0. The van der Waals surface area contributed by atoms with Crippen molar-refractivity contribution < 1.29 is 9.53 Å². The molecule has 5 heteroatoms. The van der Waals surface area contributed by atoms with Gasteiger partial charge in [0.15, 0.2) is 0 Å². The molecule has 1 fully saturated rings. The zero-order chi connectivity index (χ0) is 21.6. The van der Waals surface area contributed by atoms with Gasteiger partial charge in [-0.05, 0) is 41.3 Å². The van der Waals surface area contributed by atoms with E-state index in [2.05, 4.69) is 40.5 Å². The third-order valence-electron chi connectivity index (χ3n) is 5.67. The second-order valence-electron chi connectivity index (χ2n) is 7.99. The molecule has 1 aliphatic heterocycles. The highest BCUT2D eigenvalue weighted by Crippen LogP contribution is 2.29. The van der Waals surface area contributed by atoms with Gasteiger partial charge in [-0.3, -0.25) is 9.69 Å². The standard InChI is InChI=1S/C26H27ClN2O2/c1-31-25-8-3-2-7-24(25)21-11-9-19(10-12-21)17-29-14-13-23(18-29)28-26(30)16-20-5-4-6-22(27)15-20/h2-12,15,23H,13-14,16-18H2,1H3,(H,28,30). The van der Waals surface area contributed by atoms with Gasteiger partial charge in [-0.1, -0.05) is 66.2 Å². The van der Waals surface area contributed by atoms with Crippen LogP contribution in [0.15, 0.2) is 72.8 Å². The van der Waals surface area contributed by atoms with Gasteiger partial charge in [-0.15, -0.1) is 0 Å². The number of methoxy groups -OCH3 is 1. The van der Waals surface area contributed by atoms with Crippen LogP contribution in [0.4, 0.5) is 0 Å². The van der Waals surface area contributed by atoms with Gasteiger partial charge in [0.2, 0.25) is 5.91 Å². The van der Waals surface area contributed by atoms with Crippen LogP contribution in [0.2, 0.25) is 5.02 Å². The first-order chi connectivity index (χ1) is 15.1. The summed E-state index contributed by atoms with van der Waals surface area (Å²) in [5, 5.41) is 3.83. The van der Waals surface area contributed by atoms with E-state index in [9.17, 15) is 4.79 Å². The molecular weight excluding hydrogens is 408 g/mol. The Labute approximate surface area is 188 Å². The van der Waals surface area contributed by atoms with Crippen LogP contribution in [-0.4, -0.2) is 37.0 Å². The average molecular weight is 435 g/mol. The smallest absolute Gasteiger partial charge is 0.224 e. The van der Waals surface area contributed by atoms with Crippen LogP contribution in [0.1, 0.15) is 17.5 Å². The molecule has 0 aromatic heterocycles. The van der Waals surface area contributed by atoms with Gasteiger partial charge in [0, 0.05) is 36.3 Å². The summed E-state index contributed by atoms with van der Waals surface area (Å²) in [6.45, 7) is 2.73. The number of nitrogens with one attached hydrogen (secondary N) is 1. The lowest BCUT2D eigenvalue weighted by Crippen LogP contribution is -2.37. The maximum atomic E-state index is 12.4. The fourth-order valence-corrected chi connectivity index (χ4v) is 4.35. The zero-order valence-corrected chi connectivity index (χ0v) is 18.4. The van der Waals surface area contributed by atoms with Crippen LogP contribution in [0, 0.1) is 0 Å². The lowest BCUT2D eigenvalue weighted by Gasteiger charge is -2.17. The summed E-state index contributed by atoms with van der Waals surface area (Å²) in [6, 6.07) is 24.4. The summed E-state index contributed by atoms with van der Waals surface area (Å²) in [5.41, 5.74) is 4.45. The predicted molar refractivity (Wildman–Crippen MR) is 125 cm³/mol. The Balaban J connectivity index is 1.29. The number of likely N-dealkylation sites (tertiary alicyclic amines) is 1.